The van der Waals surface area contributed by atoms with Crippen molar-refractivity contribution in [1.82, 2.24) is 0 Å². The van der Waals surface area contributed by atoms with Gasteiger partial charge in [-0.3, -0.25) is 0 Å². The third-order valence-electron chi connectivity index (χ3n) is 1.54. The van der Waals surface area contributed by atoms with Crippen molar-refractivity contribution < 1.29 is 0 Å². The summed E-state index contributed by atoms with van der Waals surface area (Å²) in [6.07, 6.45) is 3.91. The van der Waals surface area contributed by atoms with Gasteiger partial charge in [-0.15, -0.1) is 12.6 Å². The maximum atomic E-state index is 3.72. The average Bonchev–Trinajstić information content (AvgIpc) is 2.14. The third-order valence-corrected chi connectivity index (χ3v) is 1.54. The lowest BCUT2D eigenvalue weighted by molar-refractivity contribution is 1.44. The van der Waals surface area contributed by atoms with Crippen molar-refractivity contribution in [2.75, 3.05) is 0 Å². The molecule has 1 radical (unpaired) electrons. The Morgan fingerprint density at radius 2 is 2.57 bits per heavy atom. The molecule has 1 heterocycles. The molecule has 0 saturated carbocycles. The van der Waals surface area contributed by atoms with Gasteiger partial charge in [0.15, 0.2) is 6.71 Å². The van der Waals surface area contributed by atoms with Crippen LogP contribution in [0.25, 0.3) is 0 Å². The van der Waals surface area contributed by atoms with Gasteiger partial charge in [-0.2, -0.15) is 0 Å². The fourth-order valence-corrected chi connectivity index (χ4v) is 0.996. The zero-order valence-corrected chi connectivity index (χ0v) is 4.56. The Hall–Kier alpha value is -0.130. The summed E-state index contributed by atoms with van der Waals surface area (Å²) in [6.45, 7) is 4.53. The molecule has 2 heteroatoms. The first kappa shape index (κ1) is 5.02. The molecule has 0 unspecified atom stereocenters. The minimum absolute atomic E-state index is 0.806. The van der Waals surface area contributed by atoms with E-state index in [1.54, 1.807) is 0 Å². The predicted molar refractivity (Wildman–Crippen MR) is 36.1 cm³/mol. The zero-order valence-electron chi connectivity index (χ0n) is 4.56. The SMILES string of the molecule is C=CB1C[B]CC1. The Bertz CT molecular complexity index is 64.5. The highest BCUT2D eigenvalue weighted by Gasteiger charge is 2.14. The fraction of sp³-hybridized carbons (Fsp3) is 0.600. The molecule has 0 aromatic carbocycles. The van der Waals surface area contributed by atoms with Crippen molar-refractivity contribution in [3.63, 3.8) is 0 Å². The van der Waals surface area contributed by atoms with Gasteiger partial charge in [0.2, 0.25) is 0 Å². The summed E-state index contributed by atoms with van der Waals surface area (Å²) in [7, 11) is 2.34. The summed E-state index contributed by atoms with van der Waals surface area (Å²) in [5.74, 6) is 2.06. The van der Waals surface area contributed by atoms with E-state index in [-0.39, 0.29) is 0 Å². The van der Waals surface area contributed by atoms with Crippen LogP contribution in [-0.4, -0.2) is 14.0 Å². The third kappa shape index (κ3) is 1.12. The van der Waals surface area contributed by atoms with E-state index in [2.05, 4.69) is 19.8 Å². The van der Waals surface area contributed by atoms with E-state index in [1.165, 1.54) is 18.9 Å². The molecule has 0 nitrogen and oxygen atoms in total. The highest BCUT2D eigenvalue weighted by atomic mass is 13.7. The molecule has 0 atom stereocenters. The van der Waals surface area contributed by atoms with Crippen molar-refractivity contribution in [1.29, 1.82) is 0 Å². The van der Waals surface area contributed by atoms with Gasteiger partial charge < -0.3 is 0 Å². The summed E-state index contributed by atoms with van der Waals surface area (Å²) in [4.78, 5) is 0. The van der Waals surface area contributed by atoms with Gasteiger partial charge >= 0.3 is 0 Å². The Morgan fingerprint density at radius 1 is 1.71 bits per heavy atom. The second-order valence-corrected chi connectivity index (χ2v) is 2.10. The molecular formula is C5H9B2. The predicted octanol–water partition coefficient (Wildman–Crippen LogP) is 1.30. The zero-order chi connectivity index (χ0) is 5.11. The highest BCUT2D eigenvalue weighted by Crippen LogP contribution is 2.12. The van der Waals surface area contributed by atoms with Crippen molar-refractivity contribution in [3.8, 4) is 0 Å². The van der Waals surface area contributed by atoms with Crippen molar-refractivity contribution in [3.05, 3.63) is 12.6 Å². The summed E-state index contributed by atoms with van der Waals surface area (Å²) in [5.41, 5.74) is 0. The van der Waals surface area contributed by atoms with Crippen LogP contribution in [-0.2, 0) is 0 Å². The van der Waals surface area contributed by atoms with Gasteiger partial charge in [0.1, 0.15) is 7.28 Å². The summed E-state index contributed by atoms with van der Waals surface area (Å²) in [6, 6.07) is 0. The van der Waals surface area contributed by atoms with Gasteiger partial charge in [-0.05, 0) is 0 Å². The van der Waals surface area contributed by atoms with Crippen LogP contribution in [0.1, 0.15) is 0 Å². The van der Waals surface area contributed by atoms with Crippen LogP contribution in [0.3, 0.4) is 0 Å². The first-order valence-corrected chi connectivity index (χ1v) is 2.87. The Balaban J connectivity index is 2.26. The first-order valence-electron chi connectivity index (χ1n) is 2.87. The van der Waals surface area contributed by atoms with Crippen molar-refractivity contribution in [2.45, 2.75) is 18.9 Å². The van der Waals surface area contributed by atoms with E-state index in [0.717, 1.165) is 6.71 Å². The Kier molecular flexibility index (Phi) is 1.61. The molecule has 1 rings (SSSR count). The van der Waals surface area contributed by atoms with Crippen molar-refractivity contribution >= 4 is 14.0 Å². The van der Waals surface area contributed by atoms with Gasteiger partial charge in [0.25, 0.3) is 0 Å². The molecular weight excluding hydrogens is 81.7 g/mol. The molecule has 1 aliphatic heterocycles. The smallest absolute Gasteiger partial charge is 0.123 e. The van der Waals surface area contributed by atoms with E-state index in [1.807, 2.05) is 0 Å². The Morgan fingerprint density at radius 3 is 2.86 bits per heavy atom. The van der Waals surface area contributed by atoms with Gasteiger partial charge in [0.05, 0.1) is 0 Å². The largest absolute Gasteiger partial charge is 0.157 e. The summed E-state index contributed by atoms with van der Waals surface area (Å²) >= 11 is 0. The van der Waals surface area contributed by atoms with Crippen LogP contribution in [0.5, 0.6) is 0 Å². The number of hydrogen-bond acceptors (Lipinski definition) is 0. The molecule has 0 spiro atoms. The normalized spacial score (nSPS) is 19.1. The molecule has 0 aliphatic carbocycles. The standard InChI is InChI=1S/C5H9B2/c1-2-7-4-3-6-5-7/h2H,1,3-5H2. The lowest BCUT2D eigenvalue weighted by Gasteiger charge is -1.89. The number of hydrogen-bond donors (Lipinski definition) is 0. The van der Waals surface area contributed by atoms with Crippen LogP contribution in [0.4, 0.5) is 0 Å². The minimum Gasteiger partial charge on any atom is -0.123 e. The van der Waals surface area contributed by atoms with Crippen LogP contribution in [0.15, 0.2) is 12.6 Å². The highest BCUT2D eigenvalue weighted by molar-refractivity contribution is 6.77. The second-order valence-electron chi connectivity index (χ2n) is 2.10. The monoisotopic (exact) mass is 91.1 g/mol. The maximum Gasteiger partial charge on any atom is 0.157 e. The molecule has 1 aliphatic rings. The lowest BCUT2D eigenvalue weighted by atomic mass is 9.45. The average molecular weight is 90.8 g/mol. The molecule has 0 N–H and O–H groups in total. The molecule has 0 aromatic heterocycles. The summed E-state index contributed by atoms with van der Waals surface area (Å²) in [5, 5.41) is 0. The van der Waals surface area contributed by atoms with Crippen molar-refractivity contribution in [2.24, 2.45) is 0 Å². The van der Waals surface area contributed by atoms with E-state index in [9.17, 15) is 0 Å². The molecule has 1 saturated heterocycles. The Labute approximate surface area is 46.3 Å². The van der Waals surface area contributed by atoms with Crippen LogP contribution in [0, 0.1) is 0 Å². The van der Waals surface area contributed by atoms with Crippen LogP contribution in [0.2, 0.25) is 18.9 Å². The quantitative estimate of drug-likeness (QED) is 0.426. The first-order chi connectivity index (χ1) is 3.43. The minimum atomic E-state index is 0.806. The second kappa shape index (κ2) is 2.25. The molecule has 35 valence electrons. The molecule has 1 fully saturated rings. The van der Waals surface area contributed by atoms with E-state index in [4.69, 9.17) is 0 Å². The fourth-order valence-electron chi connectivity index (χ4n) is 0.996. The maximum absolute atomic E-state index is 3.72. The topological polar surface area (TPSA) is 0 Å². The van der Waals surface area contributed by atoms with E-state index in [0.29, 0.717) is 0 Å². The molecule has 0 amide bonds. The summed E-state index contributed by atoms with van der Waals surface area (Å²) < 4.78 is 0. The molecule has 7 heavy (non-hydrogen) atoms. The van der Waals surface area contributed by atoms with Crippen LogP contribution >= 0.6 is 0 Å². The van der Waals surface area contributed by atoms with Crippen LogP contribution < -0.4 is 0 Å². The van der Waals surface area contributed by atoms with Gasteiger partial charge in [0, 0.05) is 0 Å². The van der Waals surface area contributed by atoms with E-state index >= 15 is 0 Å². The van der Waals surface area contributed by atoms with Gasteiger partial charge in [-0.25, -0.2) is 0 Å². The van der Waals surface area contributed by atoms with E-state index < -0.39 is 0 Å². The van der Waals surface area contributed by atoms with Gasteiger partial charge in [-0.1, -0.05) is 18.9 Å². The molecule has 0 bridgehead atoms. The molecule has 0 aromatic rings. The lowest BCUT2D eigenvalue weighted by Crippen LogP contribution is -1.99. The number of rotatable bonds is 1.